The number of aliphatic imine (C=N–C) groups is 1. The van der Waals surface area contributed by atoms with Crippen LogP contribution >= 0.6 is 0 Å². The van der Waals surface area contributed by atoms with Gasteiger partial charge >= 0.3 is 0 Å². The van der Waals surface area contributed by atoms with Crippen molar-refractivity contribution in [1.29, 1.82) is 0 Å². The number of benzene rings is 2. The molecule has 3 saturated carbocycles. The standard InChI is InChI=1S/C32H30N4/c1(19-3-7-21(8-4-19)27-16-29(33-17-27)30-15-25-14-28(25)35-30)2-20-5-9-22(10-6-20)31-18-34-32(36-31)26-12-23-11-24(23)13-26/h3-10,17-18,23-26,28,30,35H,11-16H2,(H,34,36)/t23-,24+,25-,26?,28-,30-/m0/s1. The summed E-state index contributed by atoms with van der Waals surface area (Å²) in [6, 6.07) is 18.4. The van der Waals surface area contributed by atoms with E-state index in [4.69, 9.17) is 9.98 Å². The molecule has 2 aromatic carbocycles. The van der Waals surface area contributed by atoms with Crippen molar-refractivity contribution in [1.82, 2.24) is 15.3 Å². The number of allylic oxidation sites excluding steroid dienone is 1. The van der Waals surface area contributed by atoms with Crippen molar-refractivity contribution in [2.45, 2.75) is 56.5 Å². The first-order valence-corrected chi connectivity index (χ1v) is 13.5. The predicted octanol–water partition coefficient (Wildman–Crippen LogP) is 5.93. The van der Waals surface area contributed by atoms with Crippen LogP contribution in [-0.4, -0.2) is 27.8 Å². The molecule has 178 valence electrons. The average molecular weight is 471 g/mol. The molecule has 1 saturated heterocycles. The van der Waals surface area contributed by atoms with Crippen LogP contribution in [-0.2, 0) is 0 Å². The van der Waals surface area contributed by atoms with E-state index in [2.05, 4.69) is 76.9 Å². The molecule has 4 heteroatoms. The van der Waals surface area contributed by atoms with E-state index in [0.717, 1.165) is 47.0 Å². The largest absolute Gasteiger partial charge is 0.342 e. The summed E-state index contributed by atoms with van der Waals surface area (Å²) in [6.45, 7) is 0. The Morgan fingerprint density at radius 1 is 0.750 bits per heavy atom. The third kappa shape index (κ3) is 3.83. The van der Waals surface area contributed by atoms with Crippen LogP contribution in [0, 0.1) is 29.6 Å². The molecule has 6 atom stereocenters. The lowest BCUT2D eigenvalue weighted by molar-refractivity contribution is 0.596. The van der Waals surface area contributed by atoms with Crippen LogP contribution < -0.4 is 5.32 Å². The highest BCUT2D eigenvalue weighted by molar-refractivity contribution is 6.01. The van der Waals surface area contributed by atoms with E-state index in [1.807, 2.05) is 6.20 Å². The SMILES string of the molecule is C(#Cc1ccc(-c2cnc(C3C[C@@H]4C[C@@H]4C3)[nH]2)cc1)c1ccc(C2=CN=C([C@@H]3C[C@@H]4C[C@@H]4N3)C2)cc1. The lowest BCUT2D eigenvalue weighted by atomic mass is 9.97. The van der Waals surface area contributed by atoms with Gasteiger partial charge in [-0.05, 0) is 90.8 Å². The van der Waals surface area contributed by atoms with Crippen LogP contribution in [0.1, 0.15) is 67.0 Å². The number of fused-ring (bicyclic) bond motifs is 2. The molecule has 0 bridgehead atoms. The Morgan fingerprint density at radius 3 is 2.17 bits per heavy atom. The lowest BCUT2D eigenvalue weighted by Gasteiger charge is -2.13. The number of H-pyrrole nitrogens is 1. The van der Waals surface area contributed by atoms with Crippen molar-refractivity contribution >= 4 is 11.3 Å². The number of aromatic amines is 1. The summed E-state index contributed by atoms with van der Waals surface area (Å²) in [4.78, 5) is 13.0. The molecule has 0 amide bonds. The van der Waals surface area contributed by atoms with Crippen LogP contribution in [0.5, 0.6) is 0 Å². The highest BCUT2D eigenvalue weighted by Gasteiger charge is 2.47. The van der Waals surface area contributed by atoms with Crippen molar-refractivity contribution in [3.63, 3.8) is 0 Å². The van der Waals surface area contributed by atoms with Crippen LogP contribution in [0.25, 0.3) is 16.8 Å². The molecule has 8 rings (SSSR count). The number of nitrogens with zero attached hydrogens (tertiary/aromatic N) is 2. The average Bonchev–Trinajstić information content (AvgIpc) is 3.48. The second-order valence-electron chi connectivity index (χ2n) is 11.5. The minimum absolute atomic E-state index is 0.493. The first-order chi connectivity index (χ1) is 17.7. The van der Waals surface area contributed by atoms with Crippen molar-refractivity contribution < 1.29 is 0 Å². The molecule has 1 aromatic heterocycles. The van der Waals surface area contributed by atoms with Crippen molar-refractivity contribution in [2.75, 3.05) is 0 Å². The number of piperidine rings is 1. The van der Waals surface area contributed by atoms with Gasteiger partial charge in [-0.15, -0.1) is 0 Å². The number of imidazole rings is 1. The fourth-order valence-electron chi connectivity index (χ4n) is 6.68. The van der Waals surface area contributed by atoms with Crippen LogP contribution in [0.4, 0.5) is 0 Å². The summed E-state index contributed by atoms with van der Waals surface area (Å²) in [5.74, 6) is 11.3. The number of rotatable bonds is 4. The summed E-state index contributed by atoms with van der Waals surface area (Å²) in [7, 11) is 0. The Hall–Kier alpha value is -3.42. The molecular formula is C32H30N4. The zero-order chi connectivity index (χ0) is 23.6. The van der Waals surface area contributed by atoms with Crippen molar-refractivity contribution in [3.05, 3.63) is 83.4 Å². The van der Waals surface area contributed by atoms with E-state index in [1.54, 1.807) is 0 Å². The van der Waals surface area contributed by atoms with Gasteiger partial charge in [-0.2, -0.15) is 0 Å². The molecule has 4 fully saturated rings. The third-order valence-electron chi connectivity index (χ3n) is 9.06. The fraction of sp³-hybridized carbons (Fsp3) is 0.375. The maximum absolute atomic E-state index is 4.74. The summed E-state index contributed by atoms with van der Waals surface area (Å²) in [5, 5.41) is 3.72. The van der Waals surface area contributed by atoms with Gasteiger partial charge in [0, 0.05) is 47.5 Å². The zero-order valence-corrected chi connectivity index (χ0v) is 20.4. The second kappa shape index (κ2) is 8.05. The topological polar surface area (TPSA) is 53.1 Å². The Kier molecular flexibility index (Phi) is 4.64. The Morgan fingerprint density at radius 2 is 1.47 bits per heavy atom. The quantitative estimate of drug-likeness (QED) is 0.465. The minimum Gasteiger partial charge on any atom is -0.342 e. The Balaban J connectivity index is 0.901. The molecule has 2 aliphatic heterocycles. The van der Waals surface area contributed by atoms with E-state index in [1.165, 1.54) is 60.3 Å². The van der Waals surface area contributed by atoms with Crippen LogP contribution in [0.2, 0.25) is 0 Å². The first-order valence-electron chi connectivity index (χ1n) is 13.5. The summed E-state index contributed by atoms with van der Waals surface area (Å²) < 4.78 is 0. The first kappa shape index (κ1) is 20.7. The Labute approximate surface area is 212 Å². The molecule has 0 spiro atoms. The number of hydrogen-bond acceptors (Lipinski definition) is 3. The van der Waals surface area contributed by atoms with Crippen molar-refractivity contribution in [3.8, 4) is 23.1 Å². The monoisotopic (exact) mass is 470 g/mol. The van der Waals surface area contributed by atoms with Gasteiger partial charge < -0.3 is 10.3 Å². The molecule has 0 radical (unpaired) electrons. The molecule has 1 unspecified atom stereocenters. The minimum atomic E-state index is 0.493. The molecule has 36 heavy (non-hydrogen) atoms. The van der Waals surface area contributed by atoms with E-state index in [-0.39, 0.29) is 0 Å². The van der Waals surface area contributed by atoms with Gasteiger partial charge in [0.15, 0.2) is 0 Å². The fourth-order valence-corrected chi connectivity index (χ4v) is 6.68. The van der Waals surface area contributed by atoms with Crippen LogP contribution in [0.3, 0.4) is 0 Å². The molecule has 3 aromatic rings. The van der Waals surface area contributed by atoms with Crippen LogP contribution in [0.15, 0.2) is 65.9 Å². The van der Waals surface area contributed by atoms with Gasteiger partial charge in [0.05, 0.1) is 11.9 Å². The number of hydrogen-bond donors (Lipinski definition) is 2. The molecule has 3 heterocycles. The van der Waals surface area contributed by atoms with Gasteiger partial charge in [-0.1, -0.05) is 36.1 Å². The lowest BCUT2D eigenvalue weighted by Crippen LogP contribution is -2.33. The second-order valence-corrected chi connectivity index (χ2v) is 11.5. The molecule has 2 N–H and O–H groups in total. The van der Waals surface area contributed by atoms with Gasteiger partial charge in [0.2, 0.25) is 0 Å². The normalized spacial score (nSPS) is 31.2. The van der Waals surface area contributed by atoms with Gasteiger partial charge in [0.1, 0.15) is 5.82 Å². The van der Waals surface area contributed by atoms with Gasteiger partial charge in [-0.25, -0.2) is 4.98 Å². The number of aromatic nitrogens is 2. The molecular weight excluding hydrogens is 440 g/mol. The van der Waals surface area contributed by atoms with E-state index in [0.29, 0.717) is 12.0 Å². The highest BCUT2D eigenvalue weighted by atomic mass is 15.1. The maximum atomic E-state index is 4.74. The number of nitrogens with one attached hydrogen (secondary N) is 2. The van der Waals surface area contributed by atoms with E-state index >= 15 is 0 Å². The van der Waals surface area contributed by atoms with E-state index in [9.17, 15) is 0 Å². The molecule has 5 aliphatic rings. The Bertz CT molecular complexity index is 1430. The smallest absolute Gasteiger partial charge is 0.109 e. The molecule has 3 aliphatic carbocycles. The van der Waals surface area contributed by atoms with E-state index < -0.39 is 0 Å². The molecule has 4 nitrogen and oxygen atoms in total. The maximum Gasteiger partial charge on any atom is 0.109 e. The zero-order valence-electron chi connectivity index (χ0n) is 20.4. The van der Waals surface area contributed by atoms with Gasteiger partial charge in [0.25, 0.3) is 0 Å². The van der Waals surface area contributed by atoms with Gasteiger partial charge in [-0.3, -0.25) is 4.99 Å². The highest BCUT2D eigenvalue weighted by Crippen LogP contribution is 2.57. The summed E-state index contributed by atoms with van der Waals surface area (Å²) in [6.07, 6.45) is 11.7. The third-order valence-corrected chi connectivity index (χ3v) is 9.06. The summed E-state index contributed by atoms with van der Waals surface area (Å²) in [5.41, 5.74) is 8.21. The predicted molar refractivity (Wildman–Crippen MR) is 143 cm³/mol. The summed E-state index contributed by atoms with van der Waals surface area (Å²) >= 11 is 0. The van der Waals surface area contributed by atoms with Crippen molar-refractivity contribution in [2.24, 2.45) is 22.7 Å².